The van der Waals surface area contributed by atoms with E-state index in [1.807, 2.05) is 36.4 Å². The van der Waals surface area contributed by atoms with Gasteiger partial charge in [0.1, 0.15) is 11.4 Å². The Morgan fingerprint density at radius 1 is 1.08 bits per heavy atom. The number of aromatic amines is 2. The lowest BCUT2D eigenvalue weighted by atomic mass is 10.1. The third-order valence-electron chi connectivity index (χ3n) is 3.92. The van der Waals surface area contributed by atoms with Crippen LogP contribution in [0, 0.1) is 0 Å². The fourth-order valence-corrected chi connectivity index (χ4v) is 3.26. The fraction of sp³-hybridized carbons (Fsp3) is 0.118. The molecule has 122 valence electrons. The first-order valence-electron chi connectivity index (χ1n) is 7.45. The Morgan fingerprint density at radius 3 is 2.71 bits per heavy atom. The average molecular weight is 341 g/mol. The lowest BCUT2D eigenvalue weighted by molar-refractivity contribution is 0.328. The summed E-state index contributed by atoms with van der Waals surface area (Å²) in [5, 5.41) is 9.42. The predicted octanol–water partition coefficient (Wildman–Crippen LogP) is 4.56. The quantitative estimate of drug-likeness (QED) is 0.533. The number of hydrogen-bond acceptors (Lipinski definition) is 4. The summed E-state index contributed by atoms with van der Waals surface area (Å²) >= 11 is 0. The van der Waals surface area contributed by atoms with Crippen molar-refractivity contribution in [3.63, 3.8) is 0 Å². The van der Waals surface area contributed by atoms with Crippen molar-refractivity contribution in [2.24, 2.45) is 0 Å². The van der Waals surface area contributed by atoms with Gasteiger partial charge in [0, 0.05) is 30.1 Å². The zero-order valence-corrected chi connectivity index (χ0v) is 14.1. The second kappa shape index (κ2) is 5.51. The van der Waals surface area contributed by atoms with Crippen LogP contribution in [-0.2, 0) is 9.09 Å². The molecule has 7 heteroatoms. The molecule has 2 N–H and O–H groups in total. The smallest absolute Gasteiger partial charge is 0.375 e. The minimum atomic E-state index is -3.10. The molecule has 2 heterocycles. The third kappa shape index (κ3) is 2.60. The Morgan fingerprint density at radius 2 is 1.92 bits per heavy atom. The number of fused-ring (bicyclic) bond motifs is 2. The summed E-state index contributed by atoms with van der Waals surface area (Å²) < 4.78 is 22.4. The number of hydrogen-bond donors (Lipinski definition) is 2. The molecule has 2 aromatic heterocycles. The van der Waals surface area contributed by atoms with Crippen LogP contribution in [0.4, 0.5) is 0 Å². The predicted molar refractivity (Wildman–Crippen MR) is 94.6 cm³/mol. The highest BCUT2D eigenvalue weighted by Crippen LogP contribution is 2.44. The minimum absolute atomic E-state index is 0.481. The highest BCUT2D eigenvalue weighted by Gasteiger charge is 2.18. The van der Waals surface area contributed by atoms with Gasteiger partial charge in [-0.05, 0) is 30.3 Å². The molecule has 0 bridgehead atoms. The molecular weight excluding hydrogens is 325 g/mol. The van der Waals surface area contributed by atoms with Gasteiger partial charge in [-0.15, -0.1) is 0 Å². The summed E-state index contributed by atoms with van der Waals surface area (Å²) in [5.74, 6) is 0.481. The molecule has 6 nitrogen and oxygen atoms in total. The SMILES string of the molecule is COP(C)(=O)Oc1ccc2[nH]nc(-c3cc4ccccc4[nH]3)c2c1. The van der Waals surface area contributed by atoms with Gasteiger partial charge in [-0.3, -0.25) is 5.10 Å². The highest BCUT2D eigenvalue weighted by atomic mass is 31.2. The van der Waals surface area contributed by atoms with Crippen molar-refractivity contribution in [1.82, 2.24) is 15.2 Å². The van der Waals surface area contributed by atoms with Gasteiger partial charge in [-0.1, -0.05) is 18.2 Å². The standard InChI is InChI=1S/C17H16N3O3P/c1-22-24(2,21)23-12-7-8-15-13(10-12)17(20-19-15)16-9-11-5-3-4-6-14(11)18-16/h3-10,18H,1-2H3,(H,19,20). The molecule has 0 aliphatic rings. The van der Waals surface area contributed by atoms with Crippen LogP contribution in [0.25, 0.3) is 33.2 Å². The van der Waals surface area contributed by atoms with E-state index in [9.17, 15) is 4.57 Å². The van der Waals surface area contributed by atoms with E-state index in [2.05, 4.69) is 21.2 Å². The molecule has 1 atom stereocenters. The van der Waals surface area contributed by atoms with Crippen molar-refractivity contribution in [3.05, 3.63) is 48.5 Å². The maximum atomic E-state index is 12.0. The molecular formula is C17H16N3O3P. The van der Waals surface area contributed by atoms with Gasteiger partial charge in [0.2, 0.25) is 0 Å². The van der Waals surface area contributed by atoms with Crippen LogP contribution >= 0.6 is 7.60 Å². The monoisotopic (exact) mass is 341 g/mol. The van der Waals surface area contributed by atoms with Crippen molar-refractivity contribution in [1.29, 1.82) is 0 Å². The summed E-state index contributed by atoms with van der Waals surface area (Å²) in [6.45, 7) is 1.44. The zero-order valence-electron chi connectivity index (χ0n) is 13.2. The zero-order chi connectivity index (χ0) is 16.7. The van der Waals surface area contributed by atoms with Crippen molar-refractivity contribution >= 4 is 29.4 Å². The molecule has 2 aromatic carbocycles. The van der Waals surface area contributed by atoms with E-state index in [1.54, 1.807) is 6.07 Å². The maximum absolute atomic E-state index is 12.0. The largest absolute Gasteiger partial charge is 0.425 e. The van der Waals surface area contributed by atoms with E-state index in [1.165, 1.54) is 13.8 Å². The normalized spacial score (nSPS) is 14.1. The molecule has 4 rings (SSSR count). The van der Waals surface area contributed by atoms with Gasteiger partial charge in [0.25, 0.3) is 0 Å². The summed E-state index contributed by atoms with van der Waals surface area (Å²) in [6, 6.07) is 15.5. The minimum Gasteiger partial charge on any atom is -0.425 e. The second-order valence-corrected chi connectivity index (χ2v) is 7.69. The highest BCUT2D eigenvalue weighted by molar-refractivity contribution is 7.53. The number of nitrogens with zero attached hydrogens (tertiary/aromatic N) is 1. The summed E-state index contributed by atoms with van der Waals surface area (Å²) in [4.78, 5) is 3.37. The van der Waals surface area contributed by atoms with Crippen molar-refractivity contribution in [2.45, 2.75) is 0 Å². The topological polar surface area (TPSA) is 80.0 Å². The van der Waals surface area contributed by atoms with Crippen LogP contribution in [0.5, 0.6) is 5.75 Å². The number of H-pyrrole nitrogens is 2. The molecule has 0 aliphatic heterocycles. The Labute approximate surface area is 138 Å². The van der Waals surface area contributed by atoms with Crippen LogP contribution in [0.3, 0.4) is 0 Å². The van der Waals surface area contributed by atoms with Crippen LogP contribution in [0.1, 0.15) is 0 Å². The molecule has 1 unspecified atom stereocenters. The Bertz CT molecular complexity index is 1050. The number of aromatic nitrogens is 3. The van der Waals surface area contributed by atoms with E-state index in [-0.39, 0.29) is 0 Å². The van der Waals surface area contributed by atoms with Gasteiger partial charge >= 0.3 is 7.60 Å². The summed E-state index contributed by atoms with van der Waals surface area (Å²) in [5.41, 5.74) is 3.62. The van der Waals surface area contributed by atoms with Gasteiger partial charge in [0.15, 0.2) is 0 Å². The Hall–Kier alpha value is -2.56. The first-order chi connectivity index (χ1) is 11.6. The lowest BCUT2D eigenvalue weighted by Crippen LogP contribution is -1.92. The Kier molecular flexibility index (Phi) is 3.44. The summed E-state index contributed by atoms with van der Waals surface area (Å²) in [6.07, 6.45) is 0. The number of nitrogens with one attached hydrogen (secondary N) is 2. The van der Waals surface area contributed by atoms with E-state index >= 15 is 0 Å². The molecule has 0 fully saturated rings. The number of benzene rings is 2. The van der Waals surface area contributed by atoms with Crippen LogP contribution in [-0.4, -0.2) is 29.0 Å². The van der Waals surface area contributed by atoms with Crippen LogP contribution in [0.2, 0.25) is 0 Å². The molecule has 0 spiro atoms. The first-order valence-corrected chi connectivity index (χ1v) is 9.44. The molecule has 0 saturated carbocycles. The third-order valence-corrected chi connectivity index (χ3v) is 5.13. The van der Waals surface area contributed by atoms with E-state index in [0.29, 0.717) is 5.75 Å². The van der Waals surface area contributed by atoms with E-state index in [0.717, 1.165) is 33.2 Å². The maximum Gasteiger partial charge on any atom is 0.375 e. The fourth-order valence-electron chi connectivity index (χ4n) is 2.68. The number of para-hydroxylation sites is 1. The van der Waals surface area contributed by atoms with Crippen molar-refractivity contribution in [3.8, 4) is 17.1 Å². The van der Waals surface area contributed by atoms with Gasteiger partial charge in [0.05, 0.1) is 11.2 Å². The van der Waals surface area contributed by atoms with Gasteiger partial charge in [-0.2, -0.15) is 5.10 Å². The number of rotatable bonds is 4. The molecule has 0 aliphatic carbocycles. The van der Waals surface area contributed by atoms with Crippen molar-refractivity contribution < 1.29 is 13.6 Å². The van der Waals surface area contributed by atoms with Gasteiger partial charge in [-0.25, -0.2) is 4.57 Å². The van der Waals surface area contributed by atoms with Crippen molar-refractivity contribution in [2.75, 3.05) is 13.8 Å². The molecule has 0 radical (unpaired) electrons. The molecule has 0 saturated heterocycles. The molecule has 4 aromatic rings. The van der Waals surface area contributed by atoms with Crippen LogP contribution < -0.4 is 4.52 Å². The van der Waals surface area contributed by atoms with E-state index in [4.69, 9.17) is 9.05 Å². The second-order valence-electron chi connectivity index (χ2n) is 5.60. The molecule has 24 heavy (non-hydrogen) atoms. The van der Waals surface area contributed by atoms with E-state index < -0.39 is 7.60 Å². The van der Waals surface area contributed by atoms with Crippen LogP contribution in [0.15, 0.2) is 48.5 Å². The Balaban J connectivity index is 1.82. The lowest BCUT2D eigenvalue weighted by Gasteiger charge is -2.12. The summed E-state index contributed by atoms with van der Waals surface area (Å²) in [7, 11) is -1.74. The average Bonchev–Trinajstić information content (AvgIpc) is 3.17. The van der Waals surface area contributed by atoms with Gasteiger partial charge < -0.3 is 14.0 Å². The first kappa shape index (κ1) is 15.0. The molecule has 0 amide bonds.